The van der Waals surface area contributed by atoms with E-state index in [4.69, 9.17) is 0 Å². The van der Waals surface area contributed by atoms with E-state index in [2.05, 4.69) is 5.32 Å². The predicted molar refractivity (Wildman–Crippen MR) is 66.1 cm³/mol. The molecule has 0 bridgehead atoms. The lowest BCUT2D eigenvalue weighted by Crippen LogP contribution is -2.40. The van der Waals surface area contributed by atoms with Crippen LogP contribution in [-0.4, -0.2) is 42.1 Å². The molecule has 1 aromatic carbocycles. The molecule has 0 spiro atoms. The van der Waals surface area contributed by atoms with Crippen LogP contribution in [0.15, 0.2) is 24.3 Å². The standard InChI is InChI=1S/C13H18N2O2/c1-14-9-10-5-4-8-15(10)13(17)11-6-2-3-7-12(11)16/h2-3,6-7,10,14,16H,4-5,8-9H2,1H3. The number of hydrogen-bond donors (Lipinski definition) is 2. The van der Waals surface area contributed by atoms with Crippen molar-refractivity contribution in [2.75, 3.05) is 20.1 Å². The second kappa shape index (κ2) is 5.19. The summed E-state index contributed by atoms with van der Waals surface area (Å²) in [6, 6.07) is 6.96. The molecule has 0 saturated carbocycles. The first-order valence-electron chi connectivity index (χ1n) is 5.97. The molecule has 1 heterocycles. The highest BCUT2D eigenvalue weighted by atomic mass is 16.3. The maximum Gasteiger partial charge on any atom is 0.257 e. The number of amides is 1. The first kappa shape index (κ1) is 11.9. The molecule has 2 N–H and O–H groups in total. The summed E-state index contributed by atoms with van der Waals surface area (Å²) in [5, 5.41) is 12.8. The third-order valence-corrected chi connectivity index (χ3v) is 3.21. The van der Waals surface area contributed by atoms with Crippen molar-refractivity contribution in [3.8, 4) is 5.75 Å². The predicted octanol–water partition coefficient (Wildman–Crippen LogP) is 1.22. The molecule has 2 rings (SSSR count). The van der Waals surface area contributed by atoms with Gasteiger partial charge in [-0.3, -0.25) is 4.79 Å². The summed E-state index contributed by atoms with van der Waals surface area (Å²) in [7, 11) is 1.89. The van der Waals surface area contributed by atoms with Gasteiger partial charge in [-0.25, -0.2) is 0 Å². The van der Waals surface area contributed by atoms with Gasteiger partial charge in [0.05, 0.1) is 5.56 Å². The van der Waals surface area contributed by atoms with E-state index in [9.17, 15) is 9.90 Å². The average Bonchev–Trinajstić information content (AvgIpc) is 2.78. The molecule has 0 aromatic heterocycles. The number of benzene rings is 1. The number of likely N-dealkylation sites (N-methyl/N-ethyl adjacent to an activating group) is 1. The number of carbonyl (C=O) groups excluding carboxylic acids is 1. The molecular formula is C13H18N2O2. The number of aromatic hydroxyl groups is 1. The van der Waals surface area contributed by atoms with Crippen LogP contribution in [0.3, 0.4) is 0 Å². The molecule has 1 aliphatic rings. The summed E-state index contributed by atoms with van der Waals surface area (Å²) in [5.74, 6) is -0.00606. The fourth-order valence-corrected chi connectivity index (χ4v) is 2.36. The van der Waals surface area contributed by atoms with Crippen LogP contribution in [-0.2, 0) is 0 Å². The molecule has 4 heteroatoms. The first-order valence-corrected chi connectivity index (χ1v) is 5.97. The maximum atomic E-state index is 12.3. The zero-order chi connectivity index (χ0) is 12.3. The molecule has 17 heavy (non-hydrogen) atoms. The second-order valence-corrected chi connectivity index (χ2v) is 4.37. The average molecular weight is 234 g/mol. The summed E-state index contributed by atoms with van der Waals surface area (Å²) in [6.07, 6.45) is 2.06. The lowest BCUT2D eigenvalue weighted by Gasteiger charge is -2.24. The topological polar surface area (TPSA) is 52.6 Å². The molecule has 92 valence electrons. The number of phenolic OH excluding ortho intramolecular Hbond substituents is 1. The quantitative estimate of drug-likeness (QED) is 0.826. The summed E-state index contributed by atoms with van der Waals surface area (Å²) in [4.78, 5) is 14.1. The number of nitrogens with zero attached hydrogens (tertiary/aromatic N) is 1. The maximum absolute atomic E-state index is 12.3. The molecule has 1 atom stereocenters. The lowest BCUT2D eigenvalue weighted by molar-refractivity contribution is 0.0734. The van der Waals surface area contributed by atoms with Crippen LogP contribution < -0.4 is 5.32 Å². The minimum Gasteiger partial charge on any atom is -0.507 e. The van der Waals surface area contributed by atoms with Crippen LogP contribution in [0.1, 0.15) is 23.2 Å². The van der Waals surface area contributed by atoms with Gasteiger partial charge in [0, 0.05) is 19.1 Å². The van der Waals surface area contributed by atoms with Crippen molar-refractivity contribution in [1.82, 2.24) is 10.2 Å². The number of phenols is 1. The van der Waals surface area contributed by atoms with E-state index in [-0.39, 0.29) is 17.7 Å². The molecule has 0 aliphatic carbocycles. The van der Waals surface area contributed by atoms with Crippen molar-refractivity contribution in [3.05, 3.63) is 29.8 Å². The Morgan fingerprint density at radius 3 is 3.00 bits per heavy atom. The van der Waals surface area contributed by atoms with Gasteiger partial charge < -0.3 is 15.3 Å². The van der Waals surface area contributed by atoms with Crippen LogP contribution in [0.4, 0.5) is 0 Å². The Balaban J connectivity index is 2.17. The number of carbonyl (C=O) groups is 1. The van der Waals surface area contributed by atoms with Gasteiger partial charge in [0.2, 0.25) is 0 Å². The number of nitrogens with one attached hydrogen (secondary N) is 1. The molecular weight excluding hydrogens is 216 g/mol. The zero-order valence-corrected chi connectivity index (χ0v) is 10.0. The Kier molecular flexibility index (Phi) is 3.64. The zero-order valence-electron chi connectivity index (χ0n) is 10.0. The third-order valence-electron chi connectivity index (χ3n) is 3.21. The highest BCUT2D eigenvalue weighted by Crippen LogP contribution is 2.23. The normalized spacial score (nSPS) is 19.6. The van der Waals surface area contributed by atoms with Crippen molar-refractivity contribution in [1.29, 1.82) is 0 Å². The van der Waals surface area contributed by atoms with Crippen LogP contribution in [0.5, 0.6) is 5.75 Å². The molecule has 1 aliphatic heterocycles. The van der Waals surface area contributed by atoms with Gasteiger partial charge in [-0.1, -0.05) is 12.1 Å². The van der Waals surface area contributed by atoms with Crippen molar-refractivity contribution in [2.24, 2.45) is 0 Å². The fraction of sp³-hybridized carbons (Fsp3) is 0.462. The molecule has 1 unspecified atom stereocenters. The Morgan fingerprint density at radius 2 is 2.29 bits per heavy atom. The van der Waals surface area contributed by atoms with Crippen LogP contribution in [0.2, 0.25) is 0 Å². The highest BCUT2D eigenvalue weighted by Gasteiger charge is 2.29. The Morgan fingerprint density at radius 1 is 1.53 bits per heavy atom. The van der Waals surface area contributed by atoms with Gasteiger partial charge in [0.15, 0.2) is 0 Å². The van der Waals surface area contributed by atoms with Crippen molar-refractivity contribution < 1.29 is 9.90 Å². The van der Waals surface area contributed by atoms with Crippen LogP contribution in [0, 0.1) is 0 Å². The fourth-order valence-electron chi connectivity index (χ4n) is 2.36. The minimum atomic E-state index is -0.0687. The number of hydrogen-bond acceptors (Lipinski definition) is 3. The number of para-hydroxylation sites is 1. The van der Waals surface area contributed by atoms with E-state index in [0.717, 1.165) is 25.9 Å². The Labute approximate surface area is 101 Å². The van der Waals surface area contributed by atoms with Gasteiger partial charge in [-0.15, -0.1) is 0 Å². The molecule has 1 aromatic rings. The van der Waals surface area contributed by atoms with E-state index < -0.39 is 0 Å². The summed E-state index contributed by atoms with van der Waals surface area (Å²) in [6.45, 7) is 1.58. The smallest absolute Gasteiger partial charge is 0.257 e. The summed E-state index contributed by atoms with van der Waals surface area (Å²) < 4.78 is 0. The largest absolute Gasteiger partial charge is 0.507 e. The van der Waals surface area contributed by atoms with E-state index in [1.165, 1.54) is 0 Å². The van der Waals surface area contributed by atoms with E-state index in [1.807, 2.05) is 11.9 Å². The first-order chi connectivity index (χ1) is 8.24. The van der Waals surface area contributed by atoms with Crippen molar-refractivity contribution >= 4 is 5.91 Å². The SMILES string of the molecule is CNCC1CCCN1C(=O)c1ccccc1O. The van der Waals surface area contributed by atoms with Crippen molar-refractivity contribution in [2.45, 2.75) is 18.9 Å². The highest BCUT2D eigenvalue weighted by molar-refractivity contribution is 5.97. The molecule has 1 amide bonds. The number of rotatable bonds is 3. The minimum absolute atomic E-state index is 0.0626. The monoisotopic (exact) mass is 234 g/mol. The Bertz CT molecular complexity index is 406. The van der Waals surface area contributed by atoms with Gasteiger partial charge >= 0.3 is 0 Å². The van der Waals surface area contributed by atoms with Gasteiger partial charge in [-0.2, -0.15) is 0 Å². The molecule has 1 saturated heterocycles. The van der Waals surface area contributed by atoms with Crippen LogP contribution >= 0.6 is 0 Å². The van der Waals surface area contributed by atoms with Gasteiger partial charge in [0.1, 0.15) is 5.75 Å². The molecule has 4 nitrogen and oxygen atoms in total. The third kappa shape index (κ3) is 2.42. The van der Waals surface area contributed by atoms with Crippen molar-refractivity contribution in [3.63, 3.8) is 0 Å². The van der Waals surface area contributed by atoms with Gasteiger partial charge in [-0.05, 0) is 32.0 Å². The van der Waals surface area contributed by atoms with E-state index >= 15 is 0 Å². The van der Waals surface area contributed by atoms with E-state index in [0.29, 0.717) is 5.56 Å². The summed E-state index contributed by atoms with van der Waals surface area (Å²) in [5.41, 5.74) is 0.399. The second-order valence-electron chi connectivity index (χ2n) is 4.37. The van der Waals surface area contributed by atoms with Crippen LogP contribution in [0.25, 0.3) is 0 Å². The molecule has 1 fully saturated rings. The Hall–Kier alpha value is -1.55. The molecule has 0 radical (unpaired) electrons. The van der Waals surface area contributed by atoms with Gasteiger partial charge in [0.25, 0.3) is 5.91 Å². The lowest BCUT2D eigenvalue weighted by atomic mass is 10.1. The number of likely N-dealkylation sites (tertiary alicyclic amines) is 1. The van der Waals surface area contributed by atoms with E-state index in [1.54, 1.807) is 24.3 Å². The summed E-state index contributed by atoms with van der Waals surface area (Å²) >= 11 is 0.